The van der Waals surface area contributed by atoms with Crippen LogP contribution in [0.4, 0.5) is 4.39 Å². The van der Waals surface area contributed by atoms with Crippen molar-refractivity contribution < 1.29 is 4.39 Å². The zero-order valence-electron chi connectivity index (χ0n) is 97.4. The van der Waals surface area contributed by atoms with Gasteiger partial charge in [-0.1, -0.05) is 279 Å². The van der Waals surface area contributed by atoms with Gasteiger partial charge in [-0.15, -0.1) is 12.8 Å². The van der Waals surface area contributed by atoms with Crippen LogP contribution in [-0.2, 0) is 53.0 Å². The second kappa shape index (κ2) is 63.8. The molecule has 23 nitrogen and oxygen atoms in total. The number of aryl methyl sites for hydroxylation is 8. The molecule has 1 aliphatic rings. The average molecular weight is 1990 g/mol. The van der Waals surface area contributed by atoms with Gasteiger partial charge in [0.05, 0.1) is 40.4 Å². The summed E-state index contributed by atoms with van der Waals surface area (Å²) in [6, 6.07) is 39.3. The summed E-state index contributed by atoms with van der Waals surface area (Å²) >= 11 is 0. The highest BCUT2D eigenvalue weighted by molar-refractivity contribution is 5.25. The molecule has 1 aliphatic carbocycles. The van der Waals surface area contributed by atoms with Gasteiger partial charge in [0, 0.05) is 179 Å². The molecule has 24 heteroatoms. The zero-order chi connectivity index (χ0) is 111. The summed E-state index contributed by atoms with van der Waals surface area (Å²) in [7, 11) is 3.96. The fraction of sp³-hybridized carbons (Fsp3) is 0.521. The molecule has 145 heavy (non-hydrogen) atoms. The van der Waals surface area contributed by atoms with Crippen LogP contribution in [0.5, 0.6) is 0 Å². The summed E-state index contributed by atoms with van der Waals surface area (Å²) in [6.45, 7) is 89.5. The molecular weight excluding hydrogens is 1800 g/mol. The van der Waals surface area contributed by atoms with Crippen LogP contribution in [0.15, 0.2) is 205 Å². The highest BCUT2D eigenvalue weighted by atomic mass is 19.1. The van der Waals surface area contributed by atoms with Crippen LogP contribution in [0.25, 0.3) is 0 Å². The summed E-state index contributed by atoms with van der Waals surface area (Å²) < 4.78 is 18.3. The Kier molecular flexibility index (Phi) is 57.5. The number of nitrogens with zero attached hydrogens (tertiary/aromatic N) is 15. The minimum atomic E-state index is -0.280. The first kappa shape index (κ1) is 131. The molecule has 0 atom stereocenters. The van der Waals surface area contributed by atoms with Gasteiger partial charge in [-0.05, 0) is 221 Å². The number of H-pyrrole nitrogens is 6. The first-order chi connectivity index (χ1) is 67.2. The Morgan fingerprint density at radius 3 is 1.22 bits per heavy atom. The van der Waals surface area contributed by atoms with Gasteiger partial charge in [0.15, 0.2) is 0 Å². The smallest absolute Gasteiger partial charge is 0.247 e. The van der Waals surface area contributed by atoms with Crippen LogP contribution in [0.3, 0.4) is 0 Å². The monoisotopic (exact) mass is 1990 g/mol. The fourth-order valence-electron chi connectivity index (χ4n) is 12.2. The quantitative estimate of drug-likeness (QED) is 0.0657. The Labute approximate surface area is 873 Å². The second-order valence-corrected chi connectivity index (χ2v) is 45.5. The molecule has 1 fully saturated rings. The van der Waals surface area contributed by atoms with E-state index in [1.165, 1.54) is 87.1 Å². The predicted octanol–water partition coefficient (Wildman–Crippen LogP) is 30.2. The van der Waals surface area contributed by atoms with E-state index >= 15 is 0 Å². The van der Waals surface area contributed by atoms with Crippen LogP contribution < -0.4 is 11.1 Å². The van der Waals surface area contributed by atoms with Crippen molar-refractivity contribution in [2.24, 2.45) is 14.1 Å². The number of imidazole rings is 2. The van der Waals surface area contributed by atoms with E-state index < -0.39 is 0 Å². The lowest BCUT2D eigenvalue weighted by Crippen LogP contribution is -2.13. The van der Waals surface area contributed by atoms with E-state index in [1.807, 2.05) is 164 Å². The summed E-state index contributed by atoms with van der Waals surface area (Å²) in [4.78, 5) is 58.7. The van der Waals surface area contributed by atoms with Crippen molar-refractivity contribution in [1.82, 2.24) is 105 Å². The van der Waals surface area contributed by atoms with Gasteiger partial charge < -0.3 is 19.5 Å². The molecule has 0 radical (unpaired) electrons. The van der Waals surface area contributed by atoms with Crippen molar-refractivity contribution >= 4 is 0 Å². The fourth-order valence-corrected chi connectivity index (χ4v) is 12.2. The largest absolute Gasteiger partial charge is 0.346 e. The molecular formula is C121H188FN21O2. The van der Waals surface area contributed by atoms with Crippen molar-refractivity contribution in [3.05, 3.63) is 341 Å². The van der Waals surface area contributed by atoms with Crippen molar-refractivity contribution in [3.63, 3.8) is 0 Å². The van der Waals surface area contributed by atoms with Crippen LogP contribution in [-0.4, -0.2) is 105 Å². The maximum Gasteiger partial charge on any atom is 0.247 e. The minimum absolute atomic E-state index is 0.00764. The number of pyridine rings is 7. The third kappa shape index (κ3) is 54.4. The van der Waals surface area contributed by atoms with E-state index in [-0.39, 0.29) is 49.4 Å². The van der Waals surface area contributed by atoms with E-state index in [4.69, 9.17) is 0 Å². The standard InChI is InChI=1S/C10H16N2.C10H18N2.C9H12FN.C9H16N2.3C9H13N.2C8H14N2.2C8H11NO.C8H11N.2C7H12N2.C2H2/c1-10(2,3)9-6-8(11-12-9)7-4-5-7;1-8(2)12-7-6-9(11-12)10(3,4)5;1-9(2,3)8-5-4-7(10)6-11-8;1-5-7-6-8(11-10-7)9(2,3)4;1-7(2)9-5-4-8(3)10-6-9;1-9(2,3)8-5-4-6-10-7-8;1-7(2)9-8(3)5-4-6-10-9;1-6-5-7(10-9-6)8(2,3)4;1-6(2)8-5-10(4)7(3)9-8;2*1-6(2)7-3-4-8(10)9-5-7;1-7(2)8-5-3-4-6-9-8;1-6(2)7-4-5-9(3)8-7;1-5(2)7-4-8-6(3)9-7;1-2/h6-7H,4-5H2,1-3H3,(H,11,12);6-8H,1-5H3;4-6H,1-3H3;6H,5H2,1-4H3,(H,10,11);3*4-7H,1-3H3;5H,1-4H3,(H,9,10);5-6H,1-4H3;2*3-6H,1-2H3,(H,9,10);3-7H,1-2H3;4-6H,1-3H3;4-5H,1-3H3,(H,8,9);1-2H. The number of hydrogen-bond donors (Lipinski definition) is 6. The Bertz CT molecular complexity index is 5700. The van der Waals surface area contributed by atoms with E-state index in [0.29, 0.717) is 53.4 Å². The number of terminal acetylenes is 1. The number of nitrogens with one attached hydrogen (secondary N) is 6. The molecule has 796 valence electrons. The minimum Gasteiger partial charge on any atom is -0.346 e. The molecule has 0 bridgehead atoms. The number of aromatic nitrogens is 21. The maximum atomic E-state index is 12.4. The van der Waals surface area contributed by atoms with Gasteiger partial charge in [0.2, 0.25) is 11.1 Å². The molecule has 15 rings (SSSR count). The Morgan fingerprint density at radius 2 is 0.938 bits per heavy atom. The van der Waals surface area contributed by atoms with Crippen molar-refractivity contribution in [2.45, 2.75) is 402 Å². The molecule has 0 unspecified atom stereocenters. The van der Waals surface area contributed by atoms with Crippen molar-refractivity contribution in [3.8, 4) is 12.8 Å². The first-order valence-corrected chi connectivity index (χ1v) is 51.4. The van der Waals surface area contributed by atoms with Gasteiger partial charge in [-0.2, -0.15) is 25.5 Å². The van der Waals surface area contributed by atoms with E-state index in [0.717, 1.165) is 69.5 Å². The third-order valence-corrected chi connectivity index (χ3v) is 22.4. The summed E-state index contributed by atoms with van der Waals surface area (Å²) in [5.74, 6) is 6.89. The summed E-state index contributed by atoms with van der Waals surface area (Å²) in [6.07, 6.45) is 33.8. The van der Waals surface area contributed by atoms with E-state index in [2.05, 4.69) is 405 Å². The lowest BCUT2D eigenvalue weighted by atomic mass is 9.88. The molecule has 6 N–H and O–H groups in total. The average Bonchev–Trinajstić information content (AvgIpc) is 1.67. The van der Waals surface area contributed by atoms with E-state index in [1.54, 1.807) is 36.8 Å². The second-order valence-electron chi connectivity index (χ2n) is 45.5. The maximum absolute atomic E-state index is 12.4. The summed E-state index contributed by atoms with van der Waals surface area (Å²) in [5.41, 5.74) is 23.3. The normalized spacial score (nSPS) is 11.5. The molecule has 1 saturated carbocycles. The number of aromatic amines is 6. The molecule has 0 aliphatic heterocycles. The van der Waals surface area contributed by atoms with E-state index in [9.17, 15) is 14.0 Å². The van der Waals surface area contributed by atoms with Gasteiger partial charge in [-0.3, -0.25) is 59.2 Å². The van der Waals surface area contributed by atoms with Gasteiger partial charge in [0.1, 0.15) is 17.5 Å². The third-order valence-electron chi connectivity index (χ3n) is 22.4. The first-order valence-electron chi connectivity index (χ1n) is 51.4. The van der Waals surface area contributed by atoms with Gasteiger partial charge in [0.25, 0.3) is 0 Å². The molecule has 0 aromatic carbocycles. The SMILES string of the molecule is C#C.CC(C)(C)c1cc(C2CC2)[nH]n1.CC(C)(C)c1ccc(F)cn1.CC(C)(C)c1cccnc1.CC(C)c1ccc(=O)[nH]c1.CC(C)c1ccc(=O)[nH]c1.CC(C)c1ccccn1.CC(C)c1ccn(C)n1.CC(C)n1ccc(C(C)(C)C)n1.CCc1cc(C(C)(C)C)n[nH]1.Cc1cc(C(C)(C)C)n[nH]1.Cc1ccc(C(C)C)cn1.Cc1cccnc1C(C)C.Cc1nc(C(C)C)cn1C.Cc1ncc(C(C)C)[nH]1. The Hall–Kier alpha value is -12.4. The number of rotatable bonds is 11. The number of hydrogen-bond acceptors (Lipinski definition) is 14. The Morgan fingerprint density at radius 1 is 0.428 bits per heavy atom. The lowest BCUT2D eigenvalue weighted by molar-refractivity contribution is 0.495. The van der Waals surface area contributed by atoms with Gasteiger partial charge in [-0.25, -0.2) is 14.4 Å². The van der Waals surface area contributed by atoms with Crippen molar-refractivity contribution in [2.75, 3.05) is 0 Å². The predicted molar refractivity (Wildman–Crippen MR) is 608 cm³/mol. The highest BCUT2D eigenvalue weighted by Gasteiger charge is 2.28. The van der Waals surface area contributed by atoms with Crippen LogP contribution in [0.2, 0.25) is 0 Å². The summed E-state index contributed by atoms with van der Waals surface area (Å²) in [5, 5.41) is 30.5. The lowest BCUT2D eigenvalue weighted by Gasteiger charge is -2.17. The molecule has 0 saturated heterocycles. The highest BCUT2D eigenvalue weighted by Crippen LogP contribution is 2.40. The molecule has 14 heterocycles. The van der Waals surface area contributed by atoms with Crippen molar-refractivity contribution in [1.29, 1.82) is 0 Å². The molecule has 14 aromatic rings. The molecule has 0 spiro atoms. The van der Waals surface area contributed by atoms with Gasteiger partial charge >= 0.3 is 0 Å². The molecule has 14 aromatic heterocycles. The van der Waals surface area contributed by atoms with Crippen LogP contribution in [0.1, 0.15) is 448 Å². The topological polar surface area (TPSA) is 298 Å². The zero-order valence-corrected chi connectivity index (χ0v) is 97.4. The molecule has 0 amide bonds. The van der Waals surface area contributed by atoms with Crippen LogP contribution in [0, 0.1) is 53.3 Å². The Balaban J connectivity index is 0.000000780. The van der Waals surface area contributed by atoms with Crippen LogP contribution >= 0.6 is 0 Å². The number of halogens is 1.